The van der Waals surface area contributed by atoms with Crippen LogP contribution in [0.25, 0.3) is 0 Å². The zero-order chi connectivity index (χ0) is 15.9. The van der Waals surface area contributed by atoms with Gasteiger partial charge in [-0.3, -0.25) is 9.59 Å². The predicted molar refractivity (Wildman–Crippen MR) is 81.4 cm³/mol. The summed E-state index contributed by atoms with van der Waals surface area (Å²) in [7, 11) is 1.57. The maximum Gasteiger partial charge on any atom is 0.303 e. The summed E-state index contributed by atoms with van der Waals surface area (Å²) < 4.78 is 5.04. The first kappa shape index (κ1) is 15.9. The minimum Gasteiger partial charge on any atom is -0.497 e. The van der Waals surface area contributed by atoms with Gasteiger partial charge in [-0.25, -0.2) is 0 Å². The van der Waals surface area contributed by atoms with Crippen LogP contribution in [-0.2, 0) is 11.2 Å². The molecule has 0 spiro atoms. The number of carbonyl (C=O) groups excluding carboxylic acids is 1. The van der Waals surface area contributed by atoms with Crippen LogP contribution in [-0.4, -0.2) is 34.3 Å². The van der Waals surface area contributed by atoms with Crippen molar-refractivity contribution in [3.8, 4) is 5.75 Å². The molecule has 0 bridgehead atoms. The lowest BCUT2D eigenvalue weighted by Gasteiger charge is -2.03. The van der Waals surface area contributed by atoms with E-state index in [1.54, 1.807) is 31.4 Å². The SMILES string of the molecule is COc1ccc(NC(=O)c2nnc(CCCC(=O)O)s2)cc1. The summed E-state index contributed by atoms with van der Waals surface area (Å²) in [6.45, 7) is 0. The number of aryl methyl sites for hydroxylation is 1. The summed E-state index contributed by atoms with van der Waals surface area (Å²) in [5, 5.41) is 19.9. The molecule has 0 radical (unpaired) electrons. The molecule has 1 heterocycles. The first-order chi connectivity index (χ1) is 10.6. The summed E-state index contributed by atoms with van der Waals surface area (Å²) in [5.74, 6) is -0.483. The van der Waals surface area contributed by atoms with Crippen molar-refractivity contribution in [2.45, 2.75) is 19.3 Å². The Morgan fingerprint density at radius 2 is 2.00 bits per heavy atom. The second-order valence-corrected chi connectivity index (χ2v) is 5.49. The molecule has 8 heteroatoms. The minimum absolute atomic E-state index is 0.0763. The van der Waals surface area contributed by atoms with Crippen molar-refractivity contribution in [1.29, 1.82) is 0 Å². The molecule has 0 aliphatic rings. The fraction of sp³-hybridized carbons (Fsp3) is 0.286. The summed E-state index contributed by atoms with van der Waals surface area (Å²) in [4.78, 5) is 22.5. The highest BCUT2D eigenvalue weighted by atomic mass is 32.1. The number of methoxy groups -OCH3 is 1. The predicted octanol–water partition coefficient (Wildman–Crippen LogP) is 2.21. The van der Waals surface area contributed by atoms with Crippen LogP contribution in [0.5, 0.6) is 5.75 Å². The number of rotatable bonds is 7. The number of amides is 1. The van der Waals surface area contributed by atoms with Gasteiger partial charge >= 0.3 is 5.97 Å². The number of carbonyl (C=O) groups is 2. The molecule has 1 aromatic heterocycles. The van der Waals surface area contributed by atoms with Gasteiger partial charge in [0.25, 0.3) is 5.91 Å². The molecule has 1 aromatic carbocycles. The number of benzene rings is 1. The number of aliphatic carboxylic acids is 1. The van der Waals surface area contributed by atoms with E-state index in [9.17, 15) is 9.59 Å². The minimum atomic E-state index is -0.845. The number of anilines is 1. The van der Waals surface area contributed by atoms with Gasteiger partial charge in [0.05, 0.1) is 7.11 Å². The van der Waals surface area contributed by atoms with Gasteiger partial charge in [-0.05, 0) is 30.7 Å². The van der Waals surface area contributed by atoms with Crippen molar-refractivity contribution in [2.24, 2.45) is 0 Å². The average molecular weight is 321 g/mol. The zero-order valence-electron chi connectivity index (χ0n) is 11.9. The molecular weight excluding hydrogens is 306 g/mol. The van der Waals surface area contributed by atoms with Crippen molar-refractivity contribution >= 4 is 28.9 Å². The third kappa shape index (κ3) is 4.52. The molecule has 2 aromatic rings. The van der Waals surface area contributed by atoms with Crippen LogP contribution < -0.4 is 10.1 Å². The summed E-state index contributed by atoms with van der Waals surface area (Å²) >= 11 is 1.17. The number of hydrogen-bond donors (Lipinski definition) is 2. The Balaban J connectivity index is 1.91. The van der Waals surface area contributed by atoms with E-state index in [-0.39, 0.29) is 17.3 Å². The number of carboxylic acid groups (broad SMARTS) is 1. The molecule has 0 fully saturated rings. The van der Waals surface area contributed by atoms with Gasteiger partial charge in [0.2, 0.25) is 5.01 Å². The van der Waals surface area contributed by atoms with Crippen molar-refractivity contribution in [1.82, 2.24) is 10.2 Å². The third-order valence-corrected chi connectivity index (χ3v) is 3.77. The highest BCUT2D eigenvalue weighted by Crippen LogP contribution is 2.17. The van der Waals surface area contributed by atoms with Gasteiger partial charge in [0.15, 0.2) is 0 Å². The van der Waals surface area contributed by atoms with Crippen molar-refractivity contribution in [2.75, 3.05) is 12.4 Å². The van der Waals surface area contributed by atoms with Crippen LogP contribution in [0.4, 0.5) is 5.69 Å². The number of hydrogen-bond acceptors (Lipinski definition) is 6. The number of aromatic nitrogens is 2. The molecule has 116 valence electrons. The van der Waals surface area contributed by atoms with Crippen molar-refractivity contribution in [3.63, 3.8) is 0 Å². The topological polar surface area (TPSA) is 101 Å². The third-order valence-electron chi connectivity index (χ3n) is 2.79. The van der Waals surface area contributed by atoms with Crippen LogP contribution >= 0.6 is 11.3 Å². The first-order valence-electron chi connectivity index (χ1n) is 6.58. The van der Waals surface area contributed by atoms with Crippen LogP contribution in [0.3, 0.4) is 0 Å². The van der Waals surface area contributed by atoms with E-state index in [0.29, 0.717) is 29.3 Å². The maximum absolute atomic E-state index is 12.0. The molecule has 0 atom stereocenters. The van der Waals surface area contributed by atoms with E-state index in [2.05, 4.69) is 15.5 Å². The highest BCUT2D eigenvalue weighted by Gasteiger charge is 2.13. The van der Waals surface area contributed by atoms with E-state index in [0.717, 1.165) is 0 Å². The number of nitrogens with one attached hydrogen (secondary N) is 1. The highest BCUT2D eigenvalue weighted by molar-refractivity contribution is 7.13. The van der Waals surface area contributed by atoms with Gasteiger partial charge in [-0.2, -0.15) is 0 Å². The van der Waals surface area contributed by atoms with Gasteiger partial charge in [0.1, 0.15) is 10.8 Å². The Hall–Kier alpha value is -2.48. The van der Waals surface area contributed by atoms with Crippen LogP contribution in [0.15, 0.2) is 24.3 Å². The van der Waals surface area contributed by atoms with Crippen LogP contribution in [0.1, 0.15) is 27.7 Å². The Labute approximate surface area is 131 Å². The molecule has 0 saturated carbocycles. The lowest BCUT2D eigenvalue weighted by molar-refractivity contribution is -0.137. The Morgan fingerprint density at radius 1 is 1.27 bits per heavy atom. The first-order valence-corrected chi connectivity index (χ1v) is 7.39. The Morgan fingerprint density at radius 3 is 2.64 bits per heavy atom. The number of nitrogens with zero attached hydrogens (tertiary/aromatic N) is 2. The quantitative estimate of drug-likeness (QED) is 0.810. The Kier molecular flexibility index (Phi) is 5.42. The van der Waals surface area contributed by atoms with Gasteiger partial charge in [-0.1, -0.05) is 11.3 Å². The number of ether oxygens (including phenoxy) is 1. The molecule has 2 N–H and O–H groups in total. The van der Waals surface area contributed by atoms with E-state index in [1.165, 1.54) is 11.3 Å². The molecular formula is C14H15N3O4S. The Bertz CT molecular complexity index is 654. The molecule has 7 nitrogen and oxygen atoms in total. The summed E-state index contributed by atoms with van der Waals surface area (Å²) in [6, 6.07) is 6.94. The van der Waals surface area contributed by atoms with Gasteiger partial charge < -0.3 is 15.2 Å². The lowest BCUT2D eigenvalue weighted by atomic mass is 10.2. The average Bonchev–Trinajstić information content (AvgIpc) is 2.96. The fourth-order valence-corrected chi connectivity index (χ4v) is 2.47. The molecule has 22 heavy (non-hydrogen) atoms. The standard InChI is InChI=1S/C14H15N3O4S/c1-21-10-7-5-9(6-8-10)15-13(20)14-17-16-11(22-14)3-2-4-12(18)19/h5-8H,2-4H2,1H3,(H,15,20)(H,18,19). The van der Waals surface area contributed by atoms with E-state index in [1.807, 2.05) is 0 Å². The van der Waals surface area contributed by atoms with E-state index >= 15 is 0 Å². The normalized spacial score (nSPS) is 10.2. The van der Waals surface area contributed by atoms with Crippen molar-refractivity contribution in [3.05, 3.63) is 34.3 Å². The lowest BCUT2D eigenvalue weighted by Crippen LogP contribution is -2.11. The van der Waals surface area contributed by atoms with Crippen LogP contribution in [0, 0.1) is 0 Å². The number of carboxylic acids is 1. The second-order valence-electron chi connectivity index (χ2n) is 4.43. The fourth-order valence-electron chi connectivity index (χ4n) is 1.70. The summed E-state index contributed by atoms with van der Waals surface area (Å²) in [5.41, 5.74) is 0.633. The summed E-state index contributed by atoms with van der Waals surface area (Å²) in [6.07, 6.45) is 1.05. The van der Waals surface area contributed by atoms with E-state index in [4.69, 9.17) is 9.84 Å². The van der Waals surface area contributed by atoms with Gasteiger partial charge in [-0.15, -0.1) is 10.2 Å². The molecule has 1 amide bonds. The largest absolute Gasteiger partial charge is 0.497 e. The monoisotopic (exact) mass is 321 g/mol. The molecule has 0 aliphatic heterocycles. The molecule has 0 saturated heterocycles. The second kappa shape index (κ2) is 7.51. The maximum atomic E-state index is 12.0. The van der Waals surface area contributed by atoms with Gasteiger partial charge in [0, 0.05) is 18.5 Å². The molecule has 0 aliphatic carbocycles. The smallest absolute Gasteiger partial charge is 0.303 e. The molecule has 2 rings (SSSR count). The van der Waals surface area contributed by atoms with Crippen LogP contribution in [0.2, 0.25) is 0 Å². The van der Waals surface area contributed by atoms with E-state index < -0.39 is 5.97 Å². The zero-order valence-corrected chi connectivity index (χ0v) is 12.7. The molecule has 0 unspecified atom stereocenters. The van der Waals surface area contributed by atoms with Crippen molar-refractivity contribution < 1.29 is 19.4 Å².